The third-order valence-corrected chi connectivity index (χ3v) is 9.18. The van der Waals surface area contributed by atoms with E-state index in [4.69, 9.17) is 0 Å². The number of hydrogen-bond donors (Lipinski definition) is 1. The number of benzene rings is 2. The third kappa shape index (κ3) is 5.03. The van der Waals surface area contributed by atoms with Crippen LogP contribution in [0, 0.1) is 11.7 Å². The summed E-state index contributed by atoms with van der Waals surface area (Å²) in [7, 11) is 0. The van der Waals surface area contributed by atoms with Gasteiger partial charge in [0.1, 0.15) is 5.82 Å². The van der Waals surface area contributed by atoms with Crippen molar-refractivity contribution in [1.29, 1.82) is 0 Å². The summed E-state index contributed by atoms with van der Waals surface area (Å²) < 4.78 is 15.3. The molecule has 198 valence electrons. The maximum absolute atomic E-state index is 13.9. The van der Waals surface area contributed by atoms with E-state index in [1.165, 1.54) is 11.1 Å². The van der Waals surface area contributed by atoms with Crippen LogP contribution in [0.4, 0.5) is 4.39 Å². The number of piperidine rings is 1. The first-order valence-electron chi connectivity index (χ1n) is 13.6. The molecule has 2 aromatic carbocycles. The molecule has 4 aromatic rings. The highest BCUT2D eigenvalue weighted by molar-refractivity contribution is 7.08. The number of hydrogen-bond acceptors (Lipinski definition) is 4. The molecular weight excluding hydrogens is 497 g/mol. The number of carbonyl (C=O) groups excluding carboxylic acids is 1. The van der Waals surface area contributed by atoms with E-state index in [0.29, 0.717) is 29.9 Å². The number of carbonyl (C=O) groups is 1. The summed E-state index contributed by atoms with van der Waals surface area (Å²) in [5.74, 6) is 1.08. The number of aliphatic hydroxyl groups is 1. The zero-order valence-electron chi connectivity index (χ0n) is 21.5. The van der Waals surface area contributed by atoms with Gasteiger partial charge in [0.15, 0.2) is 0 Å². The number of nitrogens with zero attached hydrogens (tertiary/aromatic N) is 3. The van der Waals surface area contributed by atoms with Crippen LogP contribution in [-0.4, -0.2) is 64.7 Å². The molecule has 2 fully saturated rings. The van der Waals surface area contributed by atoms with Crippen molar-refractivity contribution in [3.05, 3.63) is 94.1 Å². The van der Waals surface area contributed by atoms with E-state index in [9.17, 15) is 14.3 Å². The van der Waals surface area contributed by atoms with Gasteiger partial charge >= 0.3 is 0 Å². The molecule has 38 heavy (non-hydrogen) atoms. The molecule has 0 aliphatic carbocycles. The number of amides is 1. The van der Waals surface area contributed by atoms with Crippen LogP contribution in [0.5, 0.6) is 0 Å². The predicted octanol–water partition coefficient (Wildman–Crippen LogP) is 5.57. The van der Waals surface area contributed by atoms with Crippen molar-refractivity contribution in [1.82, 2.24) is 14.4 Å². The van der Waals surface area contributed by atoms with Gasteiger partial charge in [-0.25, -0.2) is 4.39 Å². The SMILES string of the molecule is O=C(c1cccc2ccn(CCO)c12)N1CC(CN2CCC(c3ccc(F)cc3)CC2)C(c2ccsc2)C1. The van der Waals surface area contributed by atoms with Crippen molar-refractivity contribution in [2.45, 2.75) is 31.2 Å². The third-order valence-electron chi connectivity index (χ3n) is 8.48. The van der Waals surface area contributed by atoms with Crippen molar-refractivity contribution < 1.29 is 14.3 Å². The zero-order valence-corrected chi connectivity index (χ0v) is 22.3. The Morgan fingerprint density at radius 3 is 2.55 bits per heavy atom. The number of rotatable bonds is 7. The molecule has 1 amide bonds. The molecule has 2 saturated heterocycles. The first-order valence-corrected chi connectivity index (χ1v) is 14.5. The number of halogens is 1. The van der Waals surface area contributed by atoms with Gasteiger partial charge in [0, 0.05) is 43.7 Å². The molecule has 0 spiro atoms. The second-order valence-corrected chi connectivity index (χ2v) is 11.5. The van der Waals surface area contributed by atoms with Gasteiger partial charge in [-0.1, -0.05) is 24.3 Å². The summed E-state index contributed by atoms with van der Waals surface area (Å²) >= 11 is 1.72. The molecule has 1 N–H and O–H groups in total. The average Bonchev–Trinajstić information content (AvgIpc) is 3.70. The fraction of sp³-hybridized carbons (Fsp3) is 0.387. The summed E-state index contributed by atoms with van der Waals surface area (Å²) in [5.41, 5.74) is 4.19. The number of thiophene rings is 1. The Morgan fingerprint density at radius 2 is 1.82 bits per heavy atom. The summed E-state index contributed by atoms with van der Waals surface area (Å²) in [6.45, 7) is 5.01. The molecule has 2 aromatic heterocycles. The molecule has 6 rings (SSSR count). The molecule has 2 atom stereocenters. The summed E-state index contributed by atoms with van der Waals surface area (Å²) in [6, 6.07) is 17.1. The van der Waals surface area contributed by atoms with Gasteiger partial charge in [-0.2, -0.15) is 11.3 Å². The lowest BCUT2D eigenvalue weighted by Crippen LogP contribution is -2.38. The van der Waals surface area contributed by atoms with Crippen molar-refractivity contribution in [2.24, 2.45) is 5.92 Å². The molecule has 7 heteroatoms. The van der Waals surface area contributed by atoms with Gasteiger partial charge in [-0.15, -0.1) is 0 Å². The molecule has 4 heterocycles. The minimum absolute atomic E-state index is 0.0379. The first kappa shape index (κ1) is 25.3. The topological polar surface area (TPSA) is 48.7 Å². The maximum Gasteiger partial charge on any atom is 0.256 e. The fourth-order valence-electron chi connectivity index (χ4n) is 6.50. The number of likely N-dealkylation sites (tertiary alicyclic amines) is 2. The summed E-state index contributed by atoms with van der Waals surface area (Å²) in [5, 5.41) is 14.9. The molecule has 2 aliphatic rings. The number of aromatic nitrogens is 1. The van der Waals surface area contributed by atoms with Gasteiger partial charge in [0.25, 0.3) is 5.91 Å². The highest BCUT2D eigenvalue weighted by Gasteiger charge is 2.38. The van der Waals surface area contributed by atoms with Gasteiger partial charge in [0.2, 0.25) is 0 Å². The lowest BCUT2D eigenvalue weighted by Gasteiger charge is -2.34. The lowest BCUT2D eigenvalue weighted by atomic mass is 9.87. The Balaban J connectivity index is 1.18. The average molecular weight is 532 g/mol. The van der Waals surface area contributed by atoms with E-state index >= 15 is 0 Å². The van der Waals surface area contributed by atoms with Crippen LogP contribution in [0.3, 0.4) is 0 Å². The summed E-state index contributed by atoms with van der Waals surface area (Å²) in [4.78, 5) is 18.5. The second kappa shape index (κ2) is 11.0. The predicted molar refractivity (Wildman–Crippen MR) is 150 cm³/mol. The van der Waals surface area contributed by atoms with Crippen LogP contribution >= 0.6 is 11.3 Å². The van der Waals surface area contributed by atoms with Gasteiger partial charge in [-0.05, 0) is 90.0 Å². The van der Waals surface area contributed by atoms with Gasteiger partial charge in [-0.3, -0.25) is 4.79 Å². The molecular formula is C31H34FN3O2S. The van der Waals surface area contributed by atoms with Gasteiger partial charge < -0.3 is 19.5 Å². The fourth-order valence-corrected chi connectivity index (χ4v) is 7.22. The molecule has 0 saturated carbocycles. The smallest absolute Gasteiger partial charge is 0.256 e. The van der Waals surface area contributed by atoms with E-state index < -0.39 is 0 Å². The monoisotopic (exact) mass is 531 g/mol. The van der Waals surface area contributed by atoms with Crippen molar-refractivity contribution >= 4 is 28.1 Å². The Bertz CT molecular complexity index is 1380. The molecule has 2 unspecified atom stereocenters. The molecule has 0 bridgehead atoms. The first-order chi connectivity index (χ1) is 18.6. The van der Waals surface area contributed by atoms with E-state index in [2.05, 4.69) is 21.7 Å². The van der Waals surface area contributed by atoms with Crippen LogP contribution < -0.4 is 0 Å². The van der Waals surface area contributed by atoms with Crippen molar-refractivity contribution in [3.63, 3.8) is 0 Å². The largest absolute Gasteiger partial charge is 0.395 e. The normalized spacial score (nSPS) is 20.9. The summed E-state index contributed by atoms with van der Waals surface area (Å²) in [6.07, 6.45) is 4.11. The number of fused-ring (bicyclic) bond motifs is 1. The van der Waals surface area contributed by atoms with Crippen LogP contribution in [0.1, 0.15) is 46.2 Å². The van der Waals surface area contributed by atoms with Crippen LogP contribution in [0.25, 0.3) is 10.9 Å². The quantitative estimate of drug-likeness (QED) is 0.339. The maximum atomic E-state index is 13.9. The second-order valence-electron chi connectivity index (χ2n) is 10.7. The highest BCUT2D eigenvalue weighted by Crippen LogP contribution is 2.37. The van der Waals surface area contributed by atoms with Crippen LogP contribution in [-0.2, 0) is 6.54 Å². The van der Waals surface area contributed by atoms with Crippen molar-refractivity contribution in [3.8, 4) is 0 Å². The van der Waals surface area contributed by atoms with E-state index in [0.717, 1.165) is 56.5 Å². The van der Waals surface area contributed by atoms with E-state index in [-0.39, 0.29) is 18.3 Å². The number of para-hydroxylation sites is 1. The lowest BCUT2D eigenvalue weighted by molar-refractivity contribution is 0.0782. The van der Waals surface area contributed by atoms with Crippen LogP contribution in [0.15, 0.2) is 71.6 Å². The Morgan fingerprint density at radius 1 is 1.00 bits per heavy atom. The Labute approximate surface area is 227 Å². The minimum atomic E-state index is -0.177. The van der Waals surface area contributed by atoms with Crippen molar-refractivity contribution in [2.75, 3.05) is 39.3 Å². The van der Waals surface area contributed by atoms with Crippen LogP contribution in [0.2, 0.25) is 0 Å². The zero-order chi connectivity index (χ0) is 26.1. The van der Waals surface area contributed by atoms with E-state index in [1.807, 2.05) is 52.1 Å². The minimum Gasteiger partial charge on any atom is -0.395 e. The Hall–Kier alpha value is -3.00. The highest BCUT2D eigenvalue weighted by atomic mass is 32.1. The number of aliphatic hydroxyl groups excluding tert-OH is 1. The molecule has 0 radical (unpaired) electrons. The molecule has 5 nitrogen and oxygen atoms in total. The van der Waals surface area contributed by atoms with Gasteiger partial charge in [0.05, 0.1) is 17.7 Å². The van der Waals surface area contributed by atoms with E-state index in [1.54, 1.807) is 23.5 Å². The Kier molecular flexibility index (Phi) is 7.32. The molecule has 2 aliphatic heterocycles. The standard InChI is InChI=1S/C31H34FN3O2S/c32-27-6-4-22(5-7-27)23-8-12-33(13-9-23)18-26-19-35(20-29(26)25-11-17-38-21-25)31(37)28-3-1-2-24-10-14-34(15-16-36)30(24)28/h1-7,10-11,14,17,21,23,26,29,36H,8-9,12-13,15-16,18-20H2.